The van der Waals surface area contributed by atoms with Crippen molar-refractivity contribution in [1.29, 1.82) is 0 Å². The molecule has 4 nitrogen and oxygen atoms in total. The van der Waals surface area contributed by atoms with Crippen molar-refractivity contribution in [2.24, 2.45) is 0 Å². The van der Waals surface area contributed by atoms with Gasteiger partial charge in [0.05, 0.1) is 23.0 Å². The maximum Gasteiger partial charge on any atom is 0.142 e. The summed E-state index contributed by atoms with van der Waals surface area (Å²) >= 11 is 5.95. The summed E-state index contributed by atoms with van der Waals surface area (Å²) in [6.45, 7) is 2.78. The Labute approximate surface area is 110 Å². The Morgan fingerprint density at radius 2 is 2.33 bits per heavy atom. The quantitative estimate of drug-likeness (QED) is 0.876. The first kappa shape index (κ1) is 13.0. The van der Waals surface area contributed by atoms with Crippen molar-refractivity contribution < 1.29 is 4.39 Å². The molecule has 0 radical (unpaired) electrons. The Morgan fingerprint density at radius 3 is 3.00 bits per heavy atom. The van der Waals surface area contributed by atoms with E-state index in [1.54, 1.807) is 12.3 Å². The van der Waals surface area contributed by atoms with Crippen LogP contribution in [0, 0.1) is 5.82 Å². The minimum absolute atomic E-state index is 0.0342. The predicted octanol–water partition coefficient (Wildman–Crippen LogP) is 2.49. The van der Waals surface area contributed by atoms with E-state index in [1.165, 1.54) is 6.07 Å². The standard InChI is InChI=1S/C12H14ClFN4/c1-2-15-10(11-7-16-18-17-11)6-8-4-3-5-9(14)12(8)13/h3-5,7,10,15H,2,6H2,1H3,(H,16,17,18). The largest absolute Gasteiger partial charge is 0.309 e. The van der Waals surface area contributed by atoms with Gasteiger partial charge in [-0.05, 0) is 24.6 Å². The molecule has 0 saturated carbocycles. The Morgan fingerprint density at radius 1 is 1.50 bits per heavy atom. The lowest BCUT2D eigenvalue weighted by molar-refractivity contribution is 0.533. The van der Waals surface area contributed by atoms with E-state index >= 15 is 0 Å². The van der Waals surface area contributed by atoms with Gasteiger partial charge in [0.25, 0.3) is 0 Å². The van der Waals surface area contributed by atoms with Crippen molar-refractivity contribution in [3.8, 4) is 0 Å². The van der Waals surface area contributed by atoms with Gasteiger partial charge in [0, 0.05) is 0 Å². The first-order valence-corrected chi connectivity index (χ1v) is 6.12. The minimum Gasteiger partial charge on any atom is -0.309 e. The average molecular weight is 269 g/mol. The summed E-state index contributed by atoms with van der Waals surface area (Å²) in [5.74, 6) is -0.399. The van der Waals surface area contributed by atoms with Crippen LogP contribution in [-0.4, -0.2) is 22.0 Å². The zero-order valence-corrected chi connectivity index (χ0v) is 10.7. The Hall–Kier alpha value is -1.46. The van der Waals surface area contributed by atoms with E-state index in [0.717, 1.165) is 17.8 Å². The fourth-order valence-corrected chi connectivity index (χ4v) is 2.04. The molecule has 2 rings (SSSR count). The van der Waals surface area contributed by atoms with Gasteiger partial charge < -0.3 is 5.32 Å². The molecule has 0 aliphatic heterocycles. The molecule has 1 aromatic heterocycles. The van der Waals surface area contributed by atoms with Crippen LogP contribution in [0.4, 0.5) is 4.39 Å². The van der Waals surface area contributed by atoms with Crippen molar-refractivity contribution in [2.45, 2.75) is 19.4 Å². The minimum atomic E-state index is -0.399. The number of nitrogens with zero attached hydrogens (tertiary/aromatic N) is 2. The van der Waals surface area contributed by atoms with Crippen LogP contribution < -0.4 is 5.32 Å². The Balaban J connectivity index is 2.21. The Bertz CT molecular complexity index is 501. The average Bonchev–Trinajstić information content (AvgIpc) is 2.88. The second-order valence-electron chi connectivity index (χ2n) is 3.92. The third-order valence-corrected chi connectivity index (χ3v) is 3.12. The van der Waals surface area contributed by atoms with Crippen LogP contribution in [0.3, 0.4) is 0 Å². The number of aromatic amines is 1. The third-order valence-electron chi connectivity index (χ3n) is 2.70. The summed E-state index contributed by atoms with van der Waals surface area (Å²) in [7, 11) is 0. The topological polar surface area (TPSA) is 53.6 Å². The van der Waals surface area contributed by atoms with Crippen LogP contribution in [-0.2, 0) is 6.42 Å². The van der Waals surface area contributed by atoms with Crippen molar-refractivity contribution in [2.75, 3.05) is 6.54 Å². The fourth-order valence-electron chi connectivity index (χ4n) is 1.83. The van der Waals surface area contributed by atoms with E-state index in [4.69, 9.17) is 11.6 Å². The van der Waals surface area contributed by atoms with Crippen LogP contribution in [0.25, 0.3) is 0 Å². The van der Waals surface area contributed by atoms with E-state index in [1.807, 2.05) is 13.0 Å². The highest BCUT2D eigenvalue weighted by Gasteiger charge is 2.16. The van der Waals surface area contributed by atoms with Gasteiger partial charge in [-0.3, -0.25) is 0 Å². The third kappa shape index (κ3) is 2.86. The van der Waals surface area contributed by atoms with E-state index in [2.05, 4.69) is 20.7 Å². The molecule has 0 saturated heterocycles. The fraction of sp³-hybridized carbons (Fsp3) is 0.333. The lowest BCUT2D eigenvalue weighted by atomic mass is 10.0. The summed E-state index contributed by atoms with van der Waals surface area (Å²) in [6.07, 6.45) is 2.22. The van der Waals surface area contributed by atoms with Gasteiger partial charge in [-0.2, -0.15) is 15.4 Å². The molecule has 0 amide bonds. The van der Waals surface area contributed by atoms with Crippen LogP contribution in [0.5, 0.6) is 0 Å². The molecule has 1 aromatic carbocycles. The summed E-state index contributed by atoms with van der Waals surface area (Å²) in [4.78, 5) is 0. The molecule has 1 unspecified atom stereocenters. The molecular formula is C12H14ClFN4. The van der Waals surface area contributed by atoms with Crippen molar-refractivity contribution in [3.63, 3.8) is 0 Å². The van der Waals surface area contributed by atoms with Gasteiger partial charge in [-0.15, -0.1) is 0 Å². The van der Waals surface area contributed by atoms with E-state index in [0.29, 0.717) is 6.42 Å². The maximum atomic E-state index is 13.4. The lowest BCUT2D eigenvalue weighted by Crippen LogP contribution is -2.23. The second kappa shape index (κ2) is 5.93. The smallest absolute Gasteiger partial charge is 0.142 e. The number of hydrogen-bond acceptors (Lipinski definition) is 3. The van der Waals surface area contributed by atoms with Gasteiger partial charge >= 0.3 is 0 Å². The molecule has 6 heteroatoms. The van der Waals surface area contributed by atoms with E-state index in [9.17, 15) is 4.39 Å². The molecule has 0 bridgehead atoms. The molecule has 2 aromatic rings. The van der Waals surface area contributed by atoms with Gasteiger partial charge in [-0.1, -0.05) is 30.7 Å². The van der Waals surface area contributed by atoms with Crippen LogP contribution in [0.15, 0.2) is 24.4 Å². The van der Waals surface area contributed by atoms with Crippen molar-refractivity contribution in [3.05, 3.63) is 46.5 Å². The number of rotatable bonds is 5. The maximum absolute atomic E-state index is 13.4. The van der Waals surface area contributed by atoms with Crippen LogP contribution in [0.2, 0.25) is 5.02 Å². The van der Waals surface area contributed by atoms with Gasteiger partial charge in [0.1, 0.15) is 5.82 Å². The van der Waals surface area contributed by atoms with Crippen LogP contribution >= 0.6 is 11.6 Å². The van der Waals surface area contributed by atoms with Crippen LogP contribution in [0.1, 0.15) is 24.2 Å². The summed E-state index contributed by atoms with van der Waals surface area (Å²) < 4.78 is 13.4. The molecule has 0 aliphatic rings. The highest BCUT2D eigenvalue weighted by molar-refractivity contribution is 6.31. The first-order valence-electron chi connectivity index (χ1n) is 5.74. The number of benzene rings is 1. The van der Waals surface area contributed by atoms with Crippen molar-refractivity contribution in [1.82, 2.24) is 20.7 Å². The normalized spacial score (nSPS) is 12.6. The van der Waals surface area contributed by atoms with Gasteiger partial charge in [-0.25, -0.2) is 4.39 Å². The number of H-pyrrole nitrogens is 1. The molecule has 0 spiro atoms. The first-order chi connectivity index (χ1) is 8.72. The summed E-state index contributed by atoms with van der Waals surface area (Å²) in [5, 5.41) is 13.9. The van der Waals surface area contributed by atoms with Gasteiger partial charge in [0.15, 0.2) is 0 Å². The Kier molecular flexibility index (Phi) is 4.28. The molecule has 2 N–H and O–H groups in total. The lowest BCUT2D eigenvalue weighted by Gasteiger charge is -2.16. The highest BCUT2D eigenvalue weighted by atomic mass is 35.5. The monoisotopic (exact) mass is 268 g/mol. The van der Waals surface area contributed by atoms with Gasteiger partial charge in [0.2, 0.25) is 0 Å². The van der Waals surface area contributed by atoms with E-state index in [-0.39, 0.29) is 11.1 Å². The molecule has 1 atom stereocenters. The second-order valence-corrected chi connectivity index (χ2v) is 4.30. The number of halogens is 2. The molecular weight excluding hydrogens is 255 g/mol. The predicted molar refractivity (Wildman–Crippen MR) is 67.9 cm³/mol. The molecule has 1 heterocycles. The molecule has 0 aliphatic carbocycles. The molecule has 18 heavy (non-hydrogen) atoms. The number of nitrogens with one attached hydrogen (secondary N) is 2. The summed E-state index contributed by atoms with van der Waals surface area (Å²) in [5.41, 5.74) is 1.54. The highest BCUT2D eigenvalue weighted by Crippen LogP contribution is 2.24. The molecule has 0 fully saturated rings. The SMILES string of the molecule is CCNC(Cc1cccc(F)c1Cl)c1cn[nH]n1. The number of hydrogen-bond donors (Lipinski definition) is 2. The molecule has 96 valence electrons. The number of aromatic nitrogens is 3. The van der Waals surface area contributed by atoms with E-state index < -0.39 is 5.82 Å². The summed E-state index contributed by atoms with van der Waals surface area (Å²) in [6, 6.07) is 4.79. The number of likely N-dealkylation sites (N-methyl/N-ethyl adjacent to an activating group) is 1. The zero-order valence-electron chi connectivity index (χ0n) is 9.95. The zero-order chi connectivity index (χ0) is 13.0. The van der Waals surface area contributed by atoms with Crippen molar-refractivity contribution >= 4 is 11.6 Å².